The first kappa shape index (κ1) is 5.15. The number of hydrogen-bond acceptors (Lipinski definition) is 3. The minimum atomic E-state index is 0.898. The molecule has 0 fully saturated rings. The number of rotatable bonds is 0. The van der Waals surface area contributed by atoms with E-state index < -0.39 is 0 Å². The molecule has 1 aromatic rings. The summed E-state index contributed by atoms with van der Waals surface area (Å²) in [7, 11) is 0. The zero-order chi connectivity index (χ0) is 5.11. The van der Waals surface area contributed by atoms with Crippen molar-refractivity contribution in [2.24, 2.45) is 0 Å². The van der Waals surface area contributed by atoms with E-state index in [9.17, 15) is 0 Å². The maximum absolute atomic E-state index is 3.82. The van der Waals surface area contributed by atoms with Crippen LogP contribution in [0, 0.1) is 0 Å². The monoisotopic (exact) mass is 103 g/mol. The first-order valence-corrected chi connectivity index (χ1v) is 2.98. The predicted octanol–water partition coefficient (Wildman–Crippen LogP) is -1.33. The molecule has 0 saturated heterocycles. The topological polar surface area (TPSA) is 38.7 Å². The Balaban J connectivity index is 3.02. The summed E-state index contributed by atoms with van der Waals surface area (Å²) in [4.78, 5) is 11.3. The molecule has 0 aliphatic rings. The van der Waals surface area contributed by atoms with Crippen molar-refractivity contribution >= 4 is 31.0 Å². The van der Waals surface area contributed by atoms with Gasteiger partial charge < -0.3 is 0 Å². The number of aromatic nitrogens is 3. The summed E-state index contributed by atoms with van der Waals surface area (Å²) in [6.45, 7) is 0. The van der Waals surface area contributed by atoms with Gasteiger partial charge in [-0.1, -0.05) is 0 Å². The first-order valence-electron chi connectivity index (χ1n) is 1.98. The molecule has 0 aromatic carbocycles. The third-order valence-corrected chi connectivity index (χ3v) is 1.14. The summed E-state index contributed by atoms with van der Waals surface area (Å²) >= 11 is 0.912. The number of nitrogens with zero attached hydrogens (tertiary/aromatic N) is 3. The van der Waals surface area contributed by atoms with Crippen molar-refractivity contribution in [2.45, 2.75) is 0 Å². The van der Waals surface area contributed by atoms with Gasteiger partial charge in [0.05, 0.1) is 0 Å². The van der Waals surface area contributed by atoms with E-state index in [1.807, 2.05) is 0 Å². The van der Waals surface area contributed by atoms with Crippen LogP contribution in [0.25, 0.3) is 0 Å². The molecule has 0 bridgehead atoms. The van der Waals surface area contributed by atoms with Crippen molar-refractivity contribution in [1.29, 1.82) is 0 Å². The second kappa shape index (κ2) is 2.35. The first-order chi connectivity index (χ1) is 3.39. The SMILES string of the molecule is [Na][c]1ncncn1. The molecule has 0 aliphatic carbocycles. The Kier molecular flexibility index (Phi) is 1.73. The average Bonchev–Trinajstić information content (AvgIpc) is 1.69. The van der Waals surface area contributed by atoms with Crippen LogP contribution in [0.3, 0.4) is 0 Å². The molecule has 0 spiro atoms. The summed E-state index contributed by atoms with van der Waals surface area (Å²) in [5.74, 6) is 0. The van der Waals surface area contributed by atoms with Crippen molar-refractivity contribution in [2.75, 3.05) is 0 Å². The summed E-state index contributed by atoms with van der Waals surface area (Å²) in [6, 6.07) is 0. The normalized spacial score (nSPS) is 8.86. The van der Waals surface area contributed by atoms with Crippen LogP contribution >= 0.6 is 0 Å². The maximum atomic E-state index is 3.82. The molecule has 0 radical (unpaired) electrons. The van der Waals surface area contributed by atoms with Crippen molar-refractivity contribution in [1.82, 2.24) is 15.0 Å². The van der Waals surface area contributed by atoms with Gasteiger partial charge in [0.25, 0.3) is 0 Å². The molecule has 0 aliphatic heterocycles. The molecule has 0 saturated carbocycles. The predicted molar refractivity (Wildman–Crippen MR) is 25.2 cm³/mol. The van der Waals surface area contributed by atoms with Gasteiger partial charge in [-0.3, -0.25) is 0 Å². The molecule has 3 nitrogen and oxygen atoms in total. The van der Waals surface area contributed by atoms with Gasteiger partial charge in [0.2, 0.25) is 0 Å². The fourth-order valence-electron chi connectivity index (χ4n) is 0.297. The Hall–Kier alpha value is 0.01000. The molecule has 1 aromatic heterocycles. The summed E-state index contributed by atoms with van der Waals surface area (Å²) in [5.41, 5.74) is 0. The molecule has 0 atom stereocenters. The van der Waals surface area contributed by atoms with Gasteiger partial charge in [0, 0.05) is 0 Å². The molecule has 30 valence electrons. The van der Waals surface area contributed by atoms with Gasteiger partial charge >= 0.3 is 58.6 Å². The van der Waals surface area contributed by atoms with E-state index in [1.54, 1.807) is 0 Å². The van der Waals surface area contributed by atoms with Gasteiger partial charge in [0.1, 0.15) is 0 Å². The van der Waals surface area contributed by atoms with E-state index in [4.69, 9.17) is 0 Å². The van der Waals surface area contributed by atoms with E-state index in [2.05, 4.69) is 15.0 Å². The zero-order valence-corrected chi connectivity index (χ0v) is 6.00. The molecule has 4 heteroatoms. The van der Waals surface area contributed by atoms with Crippen molar-refractivity contribution < 1.29 is 0 Å². The average molecular weight is 103 g/mol. The van der Waals surface area contributed by atoms with Gasteiger partial charge in [-0.15, -0.1) is 0 Å². The quantitative estimate of drug-likeness (QED) is 0.382. The molecule has 0 N–H and O–H groups in total. The summed E-state index contributed by atoms with van der Waals surface area (Å²) < 4.78 is 0.898. The van der Waals surface area contributed by atoms with E-state index in [1.165, 1.54) is 12.7 Å². The standard InChI is InChI=1S/C3H2N3.Na/c1-4-2-6-3-5-1;/h1-2H;. The van der Waals surface area contributed by atoms with Crippen LogP contribution in [0.2, 0.25) is 0 Å². The second-order valence-corrected chi connectivity index (χ2v) is 2.08. The molecule has 1 heterocycles. The second-order valence-electron chi connectivity index (χ2n) is 1.19. The van der Waals surface area contributed by atoms with E-state index in [0.717, 1.165) is 31.0 Å². The Morgan fingerprint density at radius 2 is 1.86 bits per heavy atom. The summed E-state index contributed by atoms with van der Waals surface area (Å²) in [5, 5.41) is 0. The van der Waals surface area contributed by atoms with Crippen LogP contribution in [-0.4, -0.2) is 42.9 Å². The molecule has 0 unspecified atom stereocenters. The Morgan fingerprint density at radius 3 is 2.14 bits per heavy atom. The van der Waals surface area contributed by atoms with Crippen molar-refractivity contribution in [3.8, 4) is 0 Å². The van der Waals surface area contributed by atoms with E-state index >= 15 is 0 Å². The molecule has 1 rings (SSSR count). The molecular formula is C3H2N3Na. The van der Waals surface area contributed by atoms with Crippen LogP contribution in [-0.2, 0) is 0 Å². The summed E-state index contributed by atoms with van der Waals surface area (Å²) in [6.07, 6.45) is 3.02. The van der Waals surface area contributed by atoms with Crippen molar-refractivity contribution in [3.05, 3.63) is 12.7 Å². The van der Waals surface area contributed by atoms with Crippen LogP contribution in [0.4, 0.5) is 0 Å². The third-order valence-electron chi connectivity index (χ3n) is 0.622. The van der Waals surface area contributed by atoms with Gasteiger partial charge in [-0.05, 0) is 0 Å². The van der Waals surface area contributed by atoms with Gasteiger partial charge in [0.15, 0.2) is 0 Å². The fraction of sp³-hybridized carbons (Fsp3) is 0. The van der Waals surface area contributed by atoms with Crippen molar-refractivity contribution in [3.63, 3.8) is 0 Å². The Bertz CT molecular complexity index is 140. The number of hydrogen-bond donors (Lipinski definition) is 0. The van der Waals surface area contributed by atoms with Crippen LogP contribution in [0.5, 0.6) is 0 Å². The van der Waals surface area contributed by atoms with Crippen LogP contribution < -0.4 is 3.07 Å². The molecule has 7 heavy (non-hydrogen) atoms. The van der Waals surface area contributed by atoms with Crippen LogP contribution in [0.1, 0.15) is 0 Å². The van der Waals surface area contributed by atoms with E-state index in [0.29, 0.717) is 0 Å². The van der Waals surface area contributed by atoms with Gasteiger partial charge in [-0.2, -0.15) is 0 Å². The Morgan fingerprint density at radius 1 is 1.29 bits per heavy atom. The van der Waals surface area contributed by atoms with Crippen LogP contribution in [0.15, 0.2) is 12.7 Å². The minimum absolute atomic E-state index is 0.898. The van der Waals surface area contributed by atoms with Gasteiger partial charge in [-0.25, -0.2) is 0 Å². The molecule has 0 amide bonds. The molecular weight excluding hydrogens is 101 g/mol. The third kappa shape index (κ3) is 1.51. The van der Waals surface area contributed by atoms with E-state index in [-0.39, 0.29) is 0 Å². The fourth-order valence-corrected chi connectivity index (χ4v) is 0.528. The zero-order valence-electron chi connectivity index (χ0n) is 4.00. The Labute approximate surface area is 58.6 Å².